The number of fused-ring (bicyclic) bond motifs is 1. The summed E-state index contributed by atoms with van der Waals surface area (Å²) in [7, 11) is 0. The van der Waals surface area contributed by atoms with E-state index in [1.54, 1.807) is 11.3 Å². The lowest BCUT2D eigenvalue weighted by atomic mass is 10.1. The molecule has 0 bridgehead atoms. The van der Waals surface area contributed by atoms with Crippen molar-refractivity contribution in [3.8, 4) is 10.6 Å². The molecule has 2 heterocycles. The summed E-state index contributed by atoms with van der Waals surface area (Å²) in [4.78, 5) is 10.5. The Morgan fingerprint density at radius 2 is 2.19 bits per heavy atom. The minimum absolute atomic E-state index is 0.738. The molecule has 1 aromatic carbocycles. The van der Waals surface area contributed by atoms with Gasteiger partial charge in [0.05, 0.1) is 11.2 Å². The largest absolute Gasteiger partial charge is 0.309 e. The summed E-state index contributed by atoms with van der Waals surface area (Å²) in [5.41, 5.74) is 3.36. The topological polar surface area (TPSA) is 37.8 Å². The average Bonchev–Trinajstić information content (AvgIpc) is 3.27. The van der Waals surface area contributed by atoms with Gasteiger partial charge in [-0.15, -0.1) is 11.3 Å². The molecule has 1 saturated carbocycles. The molecule has 0 amide bonds. The minimum atomic E-state index is 0.738. The first-order chi connectivity index (χ1) is 10.3. The fourth-order valence-electron chi connectivity index (χ4n) is 2.45. The predicted molar refractivity (Wildman–Crippen MR) is 87.4 cm³/mol. The molecule has 3 nitrogen and oxygen atoms in total. The molecule has 2 aromatic heterocycles. The van der Waals surface area contributed by atoms with Crippen molar-refractivity contribution in [2.45, 2.75) is 32.4 Å². The van der Waals surface area contributed by atoms with E-state index in [4.69, 9.17) is 4.98 Å². The standard InChI is InChI=1S/C17H17N3S/c1-11-16(10-19-14-5-6-14)21-17(20-11)13-4-7-15-12(9-13)3-2-8-18-15/h2-4,7-9,14,19H,5-6,10H2,1H3. The van der Waals surface area contributed by atoms with Crippen LogP contribution in [0, 0.1) is 6.92 Å². The normalized spacial score (nSPS) is 14.7. The third kappa shape index (κ3) is 2.69. The van der Waals surface area contributed by atoms with Crippen molar-refractivity contribution in [3.63, 3.8) is 0 Å². The molecule has 4 heteroatoms. The van der Waals surface area contributed by atoms with Crippen molar-refractivity contribution in [1.82, 2.24) is 15.3 Å². The van der Waals surface area contributed by atoms with E-state index in [9.17, 15) is 0 Å². The van der Waals surface area contributed by atoms with E-state index in [-0.39, 0.29) is 0 Å². The molecule has 4 rings (SSSR count). The van der Waals surface area contributed by atoms with Crippen molar-refractivity contribution in [3.05, 3.63) is 47.1 Å². The van der Waals surface area contributed by atoms with Crippen LogP contribution in [0.1, 0.15) is 23.4 Å². The number of benzene rings is 1. The van der Waals surface area contributed by atoms with Gasteiger partial charge in [0.15, 0.2) is 0 Å². The third-order valence-electron chi connectivity index (χ3n) is 3.87. The Balaban J connectivity index is 1.65. The highest BCUT2D eigenvalue weighted by Crippen LogP contribution is 2.30. The molecule has 0 unspecified atom stereocenters. The van der Waals surface area contributed by atoms with E-state index in [2.05, 4.69) is 41.5 Å². The van der Waals surface area contributed by atoms with E-state index in [1.807, 2.05) is 12.3 Å². The van der Waals surface area contributed by atoms with Gasteiger partial charge in [0.1, 0.15) is 5.01 Å². The summed E-state index contributed by atoms with van der Waals surface area (Å²) < 4.78 is 0. The molecule has 1 fully saturated rings. The van der Waals surface area contributed by atoms with Gasteiger partial charge in [0, 0.05) is 34.6 Å². The van der Waals surface area contributed by atoms with Gasteiger partial charge in [-0.05, 0) is 44.0 Å². The van der Waals surface area contributed by atoms with Crippen LogP contribution in [-0.4, -0.2) is 16.0 Å². The van der Waals surface area contributed by atoms with Crippen molar-refractivity contribution < 1.29 is 0 Å². The lowest BCUT2D eigenvalue weighted by molar-refractivity contribution is 0.691. The second kappa shape index (κ2) is 5.20. The number of rotatable bonds is 4. The van der Waals surface area contributed by atoms with Gasteiger partial charge in [-0.1, -0.05) is 6.07 Å². The van der Waals surface area contributed by atoms with Gasteiger partial charge in [-0.25, -0.2) is 4.98 Å². The molecule has 0 spiro atoms. The molecule has 1 aliphatic rings. The van der Waals surface area contributed by atoms with Gasteiger partial charge < -0.3 is 5.32 Å². The second-order valence-electron chi connectivity index (χ2n) is 5.59. The lowest BCUT2D eigenvalue weighted by Gasteiger charge is -2.00. The Morgan fingerprint density at radius 3 is 3.05 bits per heavy atom. The molecule has 0 radical (unpaired) electrons. The van der Waals surface area contributed by atoms with Crippen LogP contribution in [0.15, 0.2) is 36.5 Å². The van der Waals surface area contributed by atoms with Crippen LogP contribution in [-0.2, 0) is 6.54 Å². The summed E-state index contributed by atoms with van der Waals surface area (Å²) in [6.07, 6.45) is 4.47. The van der Waals surface area contributed by atoms with E-state index in [0.717, 1.165) is 28.8 Å². The number of nitrogens with zero attached hydrogens (tertiary/aromatic N) is 2. The number of aromatic nitrogens is 2. The van der Waals surface area contributed by atoms with Crippen molar-refractivity contribution in [2.75, 3.05) is 0 Å². The Labute approximate surface area is 128 Å². The zero-order valence-corrected chi connectivity index (χ0v) is 12.8. The summed E-state index contributed by atoms with van der Waals surface area (Å²) in [6, 6.07) is 11.2. The van der Waals surface area contributed by atoms with Crippen LogP contribution < -0.4 is 5.32 Å². The first-order valence-electron chi connectivity index (χ1n) is 7.34. The Morgan fingerprint density at radius 1 is 1.29 bits per heavy atom. The molecule has 0 atom stereocenters. The molecular weight excluding hydrogens is 278 g/mol. The summed E-state index contributed by atoms with van der Waals surface area (Å²) >= 11 is 1.80. The quantitative estimate of drug-likeness (QED) is 0.793. The highest BCUT2D eigenvalue weighted by atomic mass is 32.1. The van der Waals surface area contributed by atoms with Crippen LogP contribution >= 0.6 is 11.3 Å². The van der Waals surface area contributed by atoms with Crippen LogP contribution in [0.2, 0.25) is 0 Å². The Hall–Kier alpha value is -1.78. The first kappa shape index (κ1) is 12.9. The molecule has 0 aliphatic heterocycles. The number of pyridine rings is 1. The molecule has 106 valence electrons. The maximum atomic E-state index is 4.74. The van der Waals surface area contributed by atoms with E-state index in [0.29, 0.717) is 0 Å². The number of hydrogen-bond acceptors (Lipinski definition) is 4. The minimum Gasteiger partial charge on any atom is -0.309 e. The third-order valence-corrected chi connectivity index (χ3v) is 5.08. The SMILES string of the molecule is Cc1nc(-c2ccc3ncccc3c2)sc1CNC1CC1. The van der Waals surface area contributed by atoms with Gasteiger partial charge >= 0.3 is 0 Å². The number of hydrogen-bond donors (Lipinski definition) is 1. The van der Waals surface area contributed by atoms with Crippen LogP contribution in [0.5, 0.6) is 0 Å². The average molecular weight is 295 g/mol. The van der Waals surface area contributed by atoms with Crippen LogP contribution in [0.25, 0.3) is 21.5 Å². The van der Waals surface area contributed by atoms with Crippen molar-refractivity contribution in [2.24, 2.45) is 0 Å². The van der Waals surface area contributed by atoms with Gasteiger partial charge in [-0.2, -0.15) is 0 Å². The van der Waals surface area contributed by atoms with E-state index < -0.39 is 0 Å². The summed E-state index contributed by atoms with van der Waals surface area (Å²) in [5.74, 6) is 0. The first-order valence-corrected chi connectivity index (χ1v) is 8.16. The number of aryl methyl sites for hydroxylation is 1. The molecule has 3 aromatic rings. The van der Waals surface area contributed by atoms with Gasteiger partial charge in [0.25, 0.3) is 0 Å². The lowest BCUT2D eigenvalue weighted by Crippen LogP contribution is -2.14. The number of thiazole rings is 1. The van der Waals surface area contributed by atoms with Crippen molar-refractivity contribution >= 4 is 22.2 Å². The molecule has 1 N–H and O–H groups in total. The molecular formula is C17H17N3S. The zero-order chi connectivity index (χ0) is 14.2. The maximum Gasteiger partial charge on any atom is 0.123 e. The number of nitrogens with one attached hydrogen (secondary N) is 1. The highest BCUT2D eigenvalue weighted by Gasteiger charge is 2.21. The van der Waals surface area contributed by atoms with E-state index in [1.165, 1.54) is 28.7 Å². The van der Waals surface area contributed by atoms with Crippen molar-refractivity contribution in [1.29, 1.82) is 0 Å². The molecule has 0 saturated heterocycles. The van der Waals surface area contributed by atoms with Gasteiger partial charge in [0.2, 0.25) is 0 Å². The highest BCUT2D eigenvalue weighted by molar-refractivity contribution is 7.15. The maximum absolute atomic E-state index is 4.74. The van der Waals surface area contributed by atoms with Crippen LogP contribution in [0.3, 0.4) is 0 Å². The van der Waals surface area contributed by atoms with E-state index >= 15 is 0 Å². The smallest absolute Gasteiger partial charge is 0.123 e. The fourth-order valence-corrected chi connectivity index (χ4v) is 3.46. The molecule has 21 heavy (non-hydrogen) atoms. The fraction of sp³-hybridized carbons (Fsp3) is 0.294. The Bertz CT molecular complexity index is 790. The monoisotopic (exact) mass is 295 g/mol. The molecule has 1 aliphatic carbocycles. The predicted octanol–water partition coefficient (Wildman–Crippen LogP) is 3.92. The summed E-state index contributed by atoms with van der Waals surface area (Å²) in [6.45, 7) is 3.05. The Kier molecular flexibility index (Phi) is 3.20. The second-order valence-corrected chi connectivity index (χ2v) is 6.68. The van der Waals surface area contributed by atoms with Gasteiger partial charge in [-0.3, -0.25) is 4.98 Å². The summed E-state index contributed by atoms with van der Waals surface area (Å²) in [5, 5.41) is 5.84. The van der Waals surface area contributed by atoms with Crippen LogP contribution in [0.4, 0.5) is 0 Å². The zero-order valence-electron chi connectivity index (χ0n) is 12.0.